The van der Waals surface area contributed by atoms with Crippen LogP contribution in [0.4, 0.5) is 5.69 Å². The van der Waals surface area contributed by atoms with E-state index in [1.54, 1.807) is 17.3 Å². The first kappa shape index (κ1) is 22.2. The highest BCUT2D eigenvalue weighted by molar-refractivity contribution is 6.00. The maximum atomic E-state index is 12.8. The Morgan fingerprint density at radius 3 is 2.00 bits per heavy atom. The molecule has 0 unspecified atom stereocenters. The van der Waals surface area contributed by atoms with Gasteiger partial charge in [-0.1, -0.05) is 23.8 Å². The smallest absolute Gasteiger partial charge is 0.336 e. The molecule has 3 rings (SSSR count). The number of ether oxygens (including phenoxy) is 3. The van der Waals surface area contributed by atoms with Crippen LogP contribution in [0.15, 0.2) is 66.0 Å². The van der Waals surface area contributed by atoms with Crippen LogP contribution >= 0.6 is 0 Å². The molecule has 0 fully saturated rings. The number of hydrogen-bond donors (Lipinski definition) is 0. The van der Waals surface area contributed by atoms with E-state index in [4.69, 9.17) is 14.2 Å². The van der Waals surface area contributed by atoms with Crippen molar-refractivity contribution in [2.24, 2.45) is 0 Å². The Morgan fingerprint density at radius 2 is 1.48 bits per heavy atom. The number of anilines is 1. The lowest BCUT2D eigenvalue weighted by atomic mass is 9.80. The minimum Gasteiger partial charge on any atom is -0.494 e. The van der Waals surface area contributed by atoms with Crippen molar-refractivity contribution in [2.75, 3.05) is 25.7 Å². The van der Waals surface area contributed by atoms with Crippen LogP contribution in [0.1, 0.15) is 29.5 Å². The zero-order valence-electron chi connectivity index (χ0n) is 18.5. The largest absolute Gasteiger partial charge is 0.494 e. The summed E-state index contributed by atoms with van der Waals surface area (Å²) in [5, 5.41) is 0. The zero-order chi connectivity index (χ0) is 22.5. The maximum absolute atomic E-state index is 12.8. The van der Waals surface area contributed by atoms with E-state index in [0.29, 0.717) is 17.8 Å². The molecule has 6 heteroatoms. The number of rotatable bonds is 6. The van der Waals surface area contributed by atoms with Gasteiger partial charge in [0.15, 0.2) is 0 Å². The molecule has 162 valence electrons. The van der Waals surface area contributed by atoms with Crippen molar-refractivity contribution in [3.63, 3.8) is 0 Å². The van der Waals surface area contributed by atoms with E-state index >= 15 is 0 Å². The summed E-state index contributed by atoms with van der Waals surface area (Å²) in [5.74, 6) is -0.864. The van der Waals surface area contributed by atoms with Crippen molar-refractivity contribution in [2.45, 2.75) is 26.7 Å². The second kappa shape index (κ2) is 9.51. The minimum atomic E-state index is -0.598. The fourth-order valence-corrected chi connectivity index (χ4v) is 3.67. The number of carbonyl (C=O) groups is 2. The van der Waals surface area contributed by atoms with E-state index in [1.165, 1.54) is 14.2 Å². The van der Waals surface area contributed by atoms with Gasteiger partial charge in [-0.05, 0) is 56.2 Å². The van der Waals surface area contributed by atoms with Crippen molar-refractivity contribution in [3.05, 3.63) is 82.7 Å². The normalized spacial score (nSPS) is 13.9. The summed E-state index contributed by atoms with van der Waals surface area (Å²) < 4.78 is 15.7. The number of carbonyl (C=O) groups excluding carboxylic acids is 2. The van der Waals surface area contributed by atoms with Gasteiger partial charge in [0.25, 0.3) is 0 Å². The predicted octanol–water partition coefficient (Wildman–Crippen LogP) is 4.42. The lowest BCUT2D eigenvalue weighted by Crippen LogP contribution is -2.29. The summed E-state index contributed by atoms with van der Waals surface area (Å²) in [6.07, 6.45) is 3.42. The average molecular weight is 421 g/mol. The average Bonchev–Trinajstić information content (AvgIpc) is 2.79. The van der Waals surface area contributed by atoms with E-state index in [9.17, 15) is 9.59 Å². The summed E-state index contributed by atoms with van der Waals surface area (Å²) >= 11 is 0. The molecule has 31 heavy (non-hydrogen) atoms. The Hall–Kier alpha value is -3.54. The van der Waals surface area contributed by atoms with Crippen LogP contribution in [0.3, 0.4) is 0 Å². The lowest BCUT2D eigenvalue weighted by Gasteiger charge is -2.31. The Kier molecular flexibility index (Phi) is 6.80. The molecule has 0 amide bonds. The third-order valence-corrected chi connectivity index (χ3v) is 5.21. The molecule has 0 radical (unpaired) electrons. The molecular formula is C25H27NO5. The van der Waals surface area contributed by atoms with Gasteiger partial charge < -0.3 is 19.1 Å². The van der Waals surface area contributed by atoms with Gasteiger partial charge in [0, 0.05) is 18.1 Å². The summed E-state index contributed by atoms with van der Waals surface area (Å²) in [4.78, 5) is 27.3. The van der Waals surface area contributed by atoms with Crippen LogP contribution in [-0.2, 0) is 19.1 Å². The van der Waals surface area contributed by atoms with Crippen LogP contribution in [-0.4, -0.2) is 32.8 Å². The van der Waals surface area contributed by atoms with Crippen LogP contribution in [0.2, 0.25) is 0 Å². The topological polar surface area (TPSA) is 65.1 Å². The third kappa shape index (κ3) is 4.63. The number of nitrogens with zero attached hydrogens (tertiary/aromatic N) is 1. The molecule has 2 aromatic rings. The van der Waals surface area contributed by atoms with Crippen molar-refractivity contribution in [1.29, 1.82) is 0 Å². The number of aryl methyl sites for hydroxylation is 2. The van der Waals surface area contributed by atoms with Gasteiger partial charge in [0.1, 0.15) is 5.75 Å². The maximum Gasteiger partial charge on any atom is 0.336 e. The Labute approximate surface area is 182 Å². The summed E-state index contributed by atoms with van der Waals surface area (Å²) in [7, 11) is 2.67. The van der Waals surface area contributed by atoms with Crippen molar-refractivity contribution >= 4 is 17.6 Å². The standard InChI is InChI=1S/C25H27NO5/c1-6-31-19-11-9-18(10-12-19)26-14-21(24(27)29-4)23(22(15-26)25(28)30-5)20-13-16(2)7-8-17(20)3/h7-15,23H,6H2,1-5H3. The molecule has 6 nitrogen and oxygen atoms in total. The first-order valence-electron chi connectivity index (χ1n) is 10.1. The monoisotopic (exact) mass is 421 g/mol. The molecule has 0 saturated carbocycles. The van der Waals surface area contributed by atoms with Crippen LogP contribution in [0.5, 0.6) is 5.75 Å². The molecule has 0 aliphatic carbocycles. The van der Waals surface area contributed by atoms with E-state index in [-0.39, 0.29) is 0 Å². The van der Waals surface area contributed by atoms with Crippen molar-refractivity contribution in [3.8, 4) is 5.75 Å². The Morgan fingerprint density at radius 1 is 0.903 bits per heavy atom. The quantitative estimate of drug-likeness (QED) is 0.644. The highest BCUT2D eigenvalue weighted by Crippen LogP contribution is 2.40. The van der Waals surface area contributed by atoms with Gasteiger partial charge in [-0.3, -0.25) is 0 Å². The molecule has 0 spiro atoms. The Bertz CT molecular complexity index is 1000. The third-order valence-electron chi connectivity index (χ3n) is 5.21. The molecule has 1 aliphatic heterocycles. The van der Waals surface area contributed by atoms with Crippen molar-refractivity contribution < 1.29 is 23.8 Å². The number of benzene rings is 2. The van der Waals surface area contributed by atoms with E-state index < -0.39 is 17.9 Å². The van der Waals surface area contributed by atoms with Gasteiger partial charge in [-0.15, -0.1) is 0 Å². The first-order chi connectivity index (χ1) is 14.9. The van der Waals surface area contributed by atoms with Crippen LogP contribution < -0.4 is 9.64 Å². The molecule has 0 aromatic heterocycles. The van der Waals surface area contributed by atoms with E-state index in [2.05, 4.69) is 0 Å². The summed E-state index contributed by atoms with van der Waals surface area (Å²) in [5.41, 5.74) is 4.34. The minimum absolute atomic E-state index is 0.355. The van der Waals surface area contributed by atoms with Crippen molar-refractivity contribution in [1.82, 2.24) is 0 Å². The zero-order valence-corrected chi connectivity index (χ0v) is 18.5. The van der Waals surface area contributed by atoms with Gasteiger partial charge in [0.05, 0.1) is 37.9 Å². The molecule has 0 atom stereocenters. The number of esters is 2. The molecule has 1 heterocycles. The second-order valence-electron chi connectivity index (χ2n) is 7.28. The summed E-state index contributed by atoms with van der Waals surface area (Å²) in [6, 6.07) is 13.4. The van der Waals surface area contributed by atoms with Gasteiger partial charge in [-0.2, -0.15) is 0 Å². The molecule has 2 aromatic carbocycles. The molecule has 0 saturated heterocycles. The Balaban J connectivity index is 2.16. The van der Waals surface area contributed by atoms with Gasteiger partial charge >= 0.3 is 11.9 Å². The van der Waals surface area contributed by atoms with Crippen LogP contribution in [0, 0.1) is 13.8 Å². The molecule has 0 N–H and O–H groups in total. The SMILES string of the molecule is CCOc1ccc(N2C=C(C(=O)OC)C(c3cc(C)ccc3C)C(C(=O)OC)=C2)cc1. The molecule has 0 bridgehead atoms. The predicted molar refractivity (Wildman–Crippen MR) is 119 cm³/mol. The fourth-order valence-electron chi connectivity index (χ4n) is 3.67. The second-order valence-corrected chi connectivity index (χ2v) is 7.28. The van der Waals surface area contributed by atoms with E-state index in [1.807, 2.05) is 63.2 Å². The molecule has 1 aliphatic rings. The molecular weight excluding hydrogens is 394 g/mol. The first-order valence-corrected chi connectivity index (χ1v) is 10.1. The highest BCUT2D eigenvalue weighted by atomic mass is 16.5. The van der Waals surface area contributed by atoms with Gasteiger partial charge in [-0.25, -0.2) is 9.59 Å². The number of methoxy groups -OCH3 is 2. The summed E-state index contributed by atoms with van der Waals surface area (Å²) in [6.45, 7) is 6.42. The van der Waals surface area contributed by atoms with Crippen LogP contribution in [0.25, 0.3) is 0 Å². The lowest BCUT2D eigenvalue weighted by molar-refractivity contribution is -0.137. The van der Waals surface area contributed by atoms with Gasteiger partial charge in [0.2, 0.25) is 0 Å². The highest BCUT2D eigenvalue weighted by Gasteiger charge is 2.36. The fraction of sp³-hybridized carbons (Fsp3) is 0.280. The van der Waals surface area contributed by atoms with E-state index in [0.717, 1.165) is 28.1 Å². The number of hydrogen-bond acceptors (Lipinski definition) is 6.